The highest BCUT2D eigenvalue weighted by atomic mass is 32.2. The van der Waals surface area contributed by atoms with E-state index in [2.05, 4.69) is 15.0 Å². The first kappa shape index (κ1) is 26.5. The summed E-state index contributed by atoms with van der Waals surface area (Å²) >= 11 is 0. The van der Waals surface area contributed by atoms with E-state index < -0.39 is 21.7 Å². The van der Waals surface area contributed by atoms with E-state index in [0.717, 1.165) is 0 Å². The van der Waals surface area contributed by atoms with Gasteiger partial charge in [-0.3, -0.25) is 4.79 Å². The summed E-state index contributed by atoms with van der Waals surface area (Å²) in [5.74, 6) is -0.0181. The van der Waals surface area contributed by atoms with Crippen molar-refractivity contribution in [2.24, 2.45) is 5.92 Å². The van der Waals surface area contributed by atoms with Crippen LogP contribution in [-0.4, -0.2) is 74.4 Å². The molecule has 11 nitrogen and oxygen atoms in total. The summed E-state index contributed by atoms with van der Waals surface area (Å²) in [4.78, 5) is 27.1. The number of carbonyl (C=O) groups excluding carboxylic acids is 2. The molecule has 2 N–H and O–H groups in total. The van der Waals surface area contributed by atoms with Gasteiger partial charge in [0.15, 0.2) is 0 Å². The molecule has 12 heteroatoms. The van der Waals surface area contributed by atoms with Gasteiger partial charge in [-0.15, -0.1) is 0 Å². The van der Waals surface area contributed by atoms with Crippen LogP contribution in [0.4, 0.5) is 4.79 Å². The molecule has 2 rings (SSSR count). The number of alkyl carbamates (subject to hydrolysis) is 1. The number of pyridine rings is 1. The molecule has 33 heavy (non-hydrogen) atoms. The van der Waals surface area contributed by atoms with E-state index in [1.165, 1.54) is 29.7 Å². The van der Waals surface area contributed by atoms with Crippen molar-refractivity contribution in [1.29, 1.82) is 5.41 Å². The number of ether oxygens (including phenoxy) is 3. The number of hydrogen-bond donors (Lipinski definition) is 2. The van der Waals surface area contributed by atoms with Crippen LogP contribution in [0.1, 0.15) is 40.0 Å². The SMILES string of the molecule is COC(=O)CC1CCN(S(=O)(=O)c2ccc(OCC(=N)CNC(=O)OC(C)(C)C)nc2)CC1. The van der Waals surface area contributed by atoms with Crippen molar-refractivity contribution in [2.45, 2.75) is 50.5 Å². The molecule has 1 aromatic rings. The predicted octanol–water partition coefficient (Wildman–Crippen LogP) is 1.97. The predicted molar refractivity (Wildman–Crippen MR) is 120 cm³/mol. The third-order valence-electron chi connectivity index (χ3n) is 4.84. The molecule has 0 atom stereocenters. The van der Waals surface area contributed by atoms with Gasteiger partial charge in [-0.2, -0.15) is 4.31 Å². The number of aromatic nitrogens is 1. The lowest BCUT2D eigenvalue weighted by atomic mass is 9.95. The molecule has 0 bridgehead atoms. The number of nitrogens with zero attached hydrogens (tertiary/aromatic N) is 2. The van der Waals surface area contributed by atoms with Gasteiger partial charge in [-0.25, -0.2) is 18.2 Å². The number of piperidine rings is 1. The lowest BCUT2D eigenvalue weighted by Gasteiger charge is -2.30. The molecule has 0 unspecified atom stereocenters. The number of amides is 1. The summed E-state index contributed by atoms with van der Waals surface area (Å²) in [5.41, 5.74) is -0.539. The van der Waals surface area contributed by atoms with E-state index >= 15 is 0 Å². The first-order valence-corrected chi connectivity index (χ1v) is 12.0. The van der Waals surface area contributed by atoms with E-state index in [9.17, 15) is 18.0 Å². The second-order valence-electron chi connectivity index (χ2n) is 8.71. The first-order valence-electron chi connectivity index (χ1n) is 10.6. The Bertz CT molecular complexity index is 934. The number of esters is 1. The molecule has 0 saturated carbocycles. The van der Waals surface area contributed by atoms with Crippen LogP contribution in [0.2, 0.25) is 0 Å². The van der Waals surface area contributed by atoms with Crippen molar-refractivity contribution in [1.82, 2.24) is 14.6 Å². The number of methoxy groups -OCH3 is 1. The van der Waals surface area contributed by atoms with Crippen LogP contribution in [0.15, 0.2) is 23.2 Å². The molecule has 1 aromatic heterocycles. The van der Waals surface area contributed by atoms with Gasteiger partial charge in [-0.05, 0) is 45.6 Å². The monoisotopic (exact) mass is 484 g/mol. The zero-order chi connectivity index (χ0) is 24.6. The van der Waals surface area contributed by atoms with Crippen LogP contribution in [0.3, 0.4) is 0 Å². The fraction of sp³-hybridized carbons (Fsp3) is 0.619. The van der Waals surface area contributed by atoms with Gasteiger partial charge in [0, 0.05) is 25.6 Å². The molecule has 1 fully saturated rings. The average molecular weight is 485 g/mol. The topological polar surface area (TPSA) is 148 Å². The summed E-state index contributed by atoms with van der Waals surface area (Å²) in [6.07, 6.45) is 2.05. The fourth-order valence-corrected chi connectivity index (χ4v) is 4.55. The van der Waals surface area contributed by atoms with Gasteiger partial charge in [0.05, 0.1) is 25.6 Å². The highest BCUT2D eigenvalue weighted by molar-refractivity contribution is 7.89. The molecule has 1 saturated heterocycles. The summed E-state index contributed by atoms with van der Waals surface area (Å²) in [5, 5.41) is 10.3. The van der Waals surface area contributed by atoms with Crippen molar-refractivity contribution in [3.05, 3.63) is 18.3 Å². The zero-order valence-electron chi connectivity index (χ0n) is 19.4. The largest absolute Gasteiger partial charge is 0.471 e. The summed E-state index contributed by atoms with van der Waals surface area (Å²) in [6, 6.07) is 2.83. The highest BCUT2D eigenvalue weighted by Gasteiger charge is 2.30. The quantitative estimate of drug-likeness (QED) is 0.399. The van der Waals surface area contributed by atoms with Crippen LogP contribution < -0.4 is 10.1 Å². The summed E-state index contributed by atoms with van der Waals surface area (Å²) in [7, 11) is -2.37. The third-order valence-corrected chi connectivity index (χ3v) is 6.72. The molecule has 1 amide bonds. The smallest absolute Gasteiger partial charge is 0.407 e. The minimum absolute atomic E-state index is 0.0444. The molecule has 2 heterocycles. The molecular formula is C21H32N4O7S. The molecule has 0 aromatic carbocycles. The molecular weight excluding hydrogens is 452 g/mol. The van der Waals surface area contributed by atoms with Crippen molar-refractivity contribution in [3.63, 3.8) is 0 Å². The second-order valence-corrected chi connectivity index (χ2v) is 10.6. The Morgan fingerprint density at radius 1 is 1.24 bits per heavy atom. The van der Waals surface area contributed by atoms with Crippen LogP contribution in [0.25, 0.3) is 0 Å². The van der Waals surface area contributed by atoms with E-state index in [1.807, 2.05) is 0 Å². The van der Waals surface area contributed by atoms with Crippen molar-refractivity contribution < 1.29 is 32.2 Å². The number of carbonyl (C=O) groups is 2. The molecule has 1 aliphatic heterocycles. The zero-order valence-corrected chi connectivity index (χ0v) is 20.2. The van der Waals surface area contributed by atoms with Gasteiger partial charge in [0.25, 0.3) is 0 Å². The Labute approximate surface area is 194 Å². The Balaban J connectivity index is 1.82. The van der Waals surface area contributed by atoms with E-state index in [-0.39, 0.29) is 41.5 Å². The average Bonchev–Trinajstić information content (AvgIpc) is 2.75. The maximum atomic E-state index is 12.9. The first-order chi connectivity index (χ1) is 15.4. The lowest BCUT2D eigenvalue weighted by molar-refractivity contribution is -0.142. The van der Waals surface area contributed by atoms with E-state index in [4.69, 9.17) is 14.9 Å². The van der Waals surface area contributed by atoms with Gasteiger partial charge < -0.3 is 24.9 Å². The normalized spacial score (nSPS) is 15.5. The minimum Gasteiger partial charge on any atom is -0.471 e. The van der Waals surface area contributed by atoms with Crippen LogP contribution in [0.5, 0.6) is 5.88 Å². The van der Waals surface area contributed by atoms with Crippen molar-refractivity contribution in [2.75, 3.05) is 33.4 Å². The highest BCUT2D eigenvalue weighted by Crippen LogP contribution is 2.26. The Morgan fingerprint density at radius 2 is 1.91 bits per heavy atom. The van der Waals surface area contributed by atoms with Crippen LogP contribution in [-0.2, 0) is 24.3 Å². The molecule has 0 aliphatic carbocycles. The van der Waals surface area contributed by atoms with Crippen LogP contribution in [0, 0.1) is 11.3 Å². The van der Waals surface area contributed by atoms with Gasteiger partial charge in [0.1, 0.15) is 17.1 Å². The fourth-order valence-electron chi connectivity index (χ4n) is 3.13. The lowest BCUT2D eigenvalue weighted by Crippen LogP contribution is -2.39. The van der Waals surface area contributed by atoms with Gasteiger partial charge >= 0.3 is 12.1 Å². The second kappa shape index (κ2) is 11.4. The van der Waals surface area contributed by atoms with Gasteiger partial charge in [0.2, 0.25) is 15.9 Å². The number of hydrogen-bond acceptors (Lipinski definition) is 9. The maximum absolute atomic E-state index is 12.9. The standard InChI is InChI=1S/C21H32N4O7S/c1-21(2,3)32-20(27)24-12-16(22)14-31-18-6-5-17(13-23-18)33(28,29)25-9-7-15(8-10-25)11-19(26)30-4/h5-6,13,15,22H,7-12,14H2,1-4H3,(H,24,27). The van der Waals surface area contributed by atoms with Crippen molar-refractivity contribution >= 4 is 27.8 Å². The number of sulfonamides is 1. The van der Waals surface area contributed by atoms with Crippen molar-refractivity contribution in [3.8, 4) is 5.88 Å². The third kappa shape index (κ3) is 8.61. The Hall–Kier alpha value is -2.73. The number of rotatable bonds is 9. The minimum atomic E-state index is -3.71. The number of nitrogens with one attached hydrogen (secondary N) is 2. The summed E-state index contributed by atoms with van der Waals surface area (Å²) in [6.45, 7) is 5.70. The maximum Gasteiger partial charge on any atom is 0.407 e. The molecule has 0 radical (unpaired) electrons. The molecule has 184 valence electrons. The molecule has 0 spiro atoms. The summed E-state index contributed by atoms with van der Waals surface area (Å²) < 4.78 is 42.3. The Kier molecular flexibility index (Phi) is 9.17. The van der Waals surface area contributed by atoms with Gasteiger partial charge in [-0.1, -0.05) is 0 Å². The van der Waals surface area contributed by atoms with E-state index in [0.29, 0.717) is 32.4 Å². The van der Waals surface area contributed by atoms with E-state index in [1.54, 1.807) is 20.8 Å². The van der Waals surface area contributed by atoms with Crippen LogP contribution >= 0.6 is 0 Å². The Morgan fingerprint density at radius 3 is 2.45 bits per heavy atom. The molecule has 1 aliphatic rings.